The zero-order chi connectivity index (χ0) is 11.2. The fourth-order valence-corrected chi connectivity index (χ4v) is 2.65. The Morgan fingerprint density at radius 3 is 3.06 bits per heavy atom. The molecule has 0 spiro atoms. The number of imidazole rings is 1. The van der Waals surface area contributed by atoms with Crippen LogP contribution >= 0.6 is 11.7 Å². The van der Waals surface area contributed by atoms with Crippen molar-refractivity contribution >= 4 is 39.4 Å². The van der Waals surface area contributed by atoms with Crippen molar-refractivity contribution in [1.29, 1.82) is 0 Å². The highest BCUT2D eigenvalue weighted by molar-refractivity contribution is 7.00. The largest absolute Gasteiger partial charge is 0.293 e. The van der Waals surface area contributed by atoms with Gasteiger partial charge in [0.05, 0.1) is 11.0 Å². The number of aromatic nitrogens is 4. The minimum atomic E-state index is 0.825. The highest BCUT2D eigenvalue weighted by atomic mass is 32.1. The van der Waals surface area contributed by atoms with Gasteiger partial charge in [0.15, 0.2) is 5.82 Å². The molecule has 4 rings (SSSR count). The van der Waals surface area contributed by atoms with E-state index in [9.17, 15) is 0 Å². The smallest absolute Gasteiger partial charge is 0.156 e. The molecule has 0 saturated heterocycles. The number of benzene rings is 1. The van der Waals surface area contributed by atoms with Gasteiger partial charge in [0.1, 0.15) is 11.0 Å². The van der Waals surface area contributed by atoms with Crippen LogP contribution in [0.5, 0.6) is 0 Å². The number of allylic oxidation sites excluding steroid dienone is 4. The van der Waals surface area contributed by atoms with Gasteiger partial charge in [-0.3, -0.25) is 4.37 Å². The lowest BCUT2D eigenvalue weighted by atomic mass is 10.2. The van der Waals surface area contributed by atoms with Crippen LogP contribution in [0.1, 0.15) is 12.2 Å². The Balaban J connectivity index is 2.02. The van der Waals surface area contributed by atoms with Crippen molar-refractivity contribution in [2.45, 2.75) is 6.42 Å². The van der Waals surface area contributed by atoms with Crippen molar-refractivity contribution in [1.82, 2.24) is 18.7 Å². The summed E-state index contributed by atoms with van der Waals surface area (Å²) in [7, 11) is 0. The normalized spacial score (nSPS) is 14.9. The Bertz CT molecular complexity index is 778. The molecule has 1 N–H and O–H groups in total. The SMILES string of the molecule is C1=CCC(c2nc3ccc4[nH]snc4c3n2)=C1. The lowest BCUT2D eigenvalue weighted by Gasteiger charge is -1.91. The molecular formula is C12H8N4S. The molecule has 17 heavy (non-hydrogen) atoms. The molecule has 0 fully saturated rings. The molecule has 2 heterocycles. The molecule has 82 valence electrons. The first kappa shape index (κ1) is 9.07. The summed E-state index contributed by atoms with van der Waals surface area (Å²) in [6, 6.07) is 3.99. The number of aromatic amines is 1. The van der Waals surface area contributed by atoms with E-state index in [-0.39, 0.29) is 0 Å². The van der Waals surface area contributed by atoms with E-state index in [1.807, 2.05) is 18.2 Å². The molecule has 5 heteroatoms. The Labute approximate surface area is 101 Å². The molecule has 0 unspecified atom stereocenters. The number of hydrogen-bond donors (Lipinski definition) is 1. The zero-order valence-corrected chi connectivity index (χ0v) is 9.66. The van der Waals surface area contributed by atoms with Crippen LogP contribution < -0.4 is 0 Å². The fraction of sp³-hybridized carbons (Fsp3) is 0.0833. The molecule has 0 saturated carbocycles. The van der Waals surface area contributed by atoms with E-state index in [1.165, 1.54) is 17.3 Å². The minimum Gasteiger partial charge on any atom is -0.293 e. The van der Waals surface area contributed by atoms with Crippen LogP contribution in [0, 0.1) is 0 Å². The lowest BCUT2D eigenvalue weighted by molar-refractivity contribution is 1.23. The summed E-state index contributed by atoms with van der Waals surface area (Å²) in [6.07, 6.45) is 7.15. The van der Waals surface area contributed by atoms with Gasteiger partial charge in [-0.2, -0.15) is 4.37 Å². The van der Waals surface area contributed by atoms with E-state index < -0.39 is 0 Å². The zero-order valence-electron chi connectivity index (χ0n) is 8.84. The Hall–Kier alpha value is -2.01. The second-order valence-corrected chi connectivity index (χ2v) is 4.55. The number of rotatable bonds is 1. The molecule has 0 aliphatic heterocycles. The van der Waals surface area contributed by atoms with E-state index in [1.54, 1.807) is 0 Å². The Kier molecular flexibility index (Phi) is 1.73. The van der Waals surface area contributed by atoms with Crippen LogP contribution in [0.2, 0.25) is 0 Å². The van der Waals surface area contributed by atoms with E-state index >= 15 is 0 Å². The third-order valence-corrected chi connectivity index (χ3v) is 3.51. The van der Waals surface area contributed by atoms with E-state index in [0.29, 0.717) is 0 Å². The lowest BCUT2D eigenvalue weighted by Crippen LogP contribution is -1.82. The molecule has 0 amide bonds. The van der Waals surface area contributed by atoms with Crippen molar-refractivity contribution in [3.8, 4) is 0 Å². The molecule has 3 aromatic rings. The van der Waals surface area contributed by atoms with Crippen molar-refractivity contribution in [3.05, 3.63) is 36.2 Å². The summed E-state index contributed by atoms with van der Waals surface area (Å²) in [6.45, 7) is 0. The number of nitrogens with one attached hydrogen (secondary N) is 1. The van der Waals surface area contributed by atoms with Crippen molar-refractivity contribution < 1.29 is 0 Å². The summed E-state index contributed by atoms with van der Waals surface area (Å²) in [5, 5.41) is 0. The van der Waals surface area contributed by atoms with Gasteiger partial charge in [0.25, 0.3) is 0 Å². The first-order valence-corrected chi connectivity index (χ1v) is 6.16. The highest BCUT2D eigenvalue weighted by Gasteiger charge is 2.13. The molecule has 1 aliphatic carbocycles. The van der Waals surface area contributed by atoms with Gasteiger partial charge in [-0.25, -0.2) is 9.97 Å². The second kappa shape index (κ2) is 3.24. The third-order valence-electron chi connectivity index (χ3n) is 2.92. The average Bonchev–Trinajstić information content (AvgIpc) is 3.08. The maximum absolute atomic E-state index is 4.60. The molecule has 1 aromatic carbocycles. The predicted molar refractivity (Wildman–Crippen MR) is 68.8 cm³/mol. The highest BCUT2D eigenvalue weighted by Crippen LogP contribution is 2.26. The predicted octanol–water partition coefficient (Wildman–Crippen LogP) is 2.91. The van der Waals surface area contributed by atoms with E-state index in [4.69, 9.17) is 0 Å². The molecule has 1 aliphatic rings. The van der Waals surface area contributed by atoms with Gasteiger partial charge in [0, 0.05) is 17.3 Å². The Morgan fingerprint density at radius 1 is 1.18 bits per heavy atom. The van der Waals surface area contributed by atoms with Crippen LogP contribution in [0.25, 0.3) is 27.6 Å². The summed E-state index contributed by atoms with van der Waals surface area (Å²) < 4.78 is 7.46. The first-order valence-electron chi connectivity index (χ1n) is 5.38. The van der Waals surface area contributed by atoms with E-state index in [0.717, 1.165) is 34.3 Å². The minimum absolute atomic E-state index is 0.825. The van der Waals surface area contributed by atoms with Crippen LogP contribution in [-0.4, -0.2) is 18.7 Å². The standard InChI is InChI=1S/C12H8N4S/c1-2-4-7(3-1)12-13-8-5-6-9-11(10(8)14-12)16-17-15-9/h1-3,5-6,15H,4H2. The summed E-state index contributed by atoms with van der Waals surface area (Å²) in [4.78, 5) is 9.16. The number of nitrogens with zero attached hydrogens (tertiary/aromatic N) is 3. The molecule has 4 nitrogen and oxygen atoms in total. The topological polar surface area (TPSA) is 54.5 Å². The van der Waals surface area contributed by atoms with Crippen LogP contribution in [0.15, 0.2) is 30.4 Å². The van der Waals surface area contributed by atoms with Gasteiger partial charge in [-0.15, -0.1) is 0 Å². The summed E-state index contributed by atoms with van der Waals surface area (Å²) in [5.74, 6) is 0.825. The Morgan fingerprint density at radius 2 is 2.18 bits per heavy atom. The van der Waals surface area contributed by atoms with Gasteiger partial charge < -0.3 is 0 Å². The van der Waals surface area contributed by atoms with Crippen molar-refractivity contribution in [2.24, 2.45) is 0 Å². The van der Waals surface area contributed by atoms with Gasteiger partial charge in [0.2, 0.25) is 0 Å². The first-order chi connectivity index (χ1) is 8.42. The average molecular weight is 240 g/mol. The summed E-state index contributed by atoms with van der Waals surface area (Å²) in [5.41, 5.74) is 4.92. The molecular weight excluding hydrogens is 232 g/mol. The van der Waals surface area contributed by atoms with Crippen LogP contribution in [0.3, 0.4) is 0 Å². The monoisotopic (exact) mass is 240 g/mol. The summed E-state index contributed by atoms with van der Waals surface area (Å²) >= 11 is 1.34. The maximum Gasteiger partial charge on any atom is 0.156 e. The van der Waals surface area contributed by atoms with Crippen LogP contribution in [-0.2, 0) is 0 Å². The molecule has 0 radical (unpaired) electrons. The van der Waals surface area contributed by atoms with Crippen molar-refractivity contribution in [3.63, 3.8) is 0 Å². The van der Waals surface area contributed by atoms with Gasteiger partial charge in [-0.05, 0) is 18.6 Å². The van der Waals surface area contributed by atoms with Gasteiger partial charge >= 0.3 is 0 Å². The van der Waals surface area contributed by atoms with Crippen LogP contribution in [0.4, 0.5) is 0 Å². The molecule has 0 atom stereocenters. The second-order valence-electron chi connectivity index (χ2n) is 3.99. The van der Waals surface area contributed by atoms with E-state index in [2.05, 4.69) is 30.9 Å². The third kappa shape index (κ3) is 1.26. The number of hydrogen-bond acceptors (Lipinski definition) is 4. The molecule has 0 bridgehead atoms. The van der Waals surface area contributed by atoms with Crippen molar-refractivity contribution in [2.75, 3.05) is 0 Å². The number of H-pyrrole nitrogens is 1. The van der Waals surface area contributed by atoms with Gasteiger partial charge in [-0.1, -0.05) is 18.2 Å². The maximum atomic E-state index is 4.60. The number of fused-ring (bicyclic) bond motifs is 3. The molecule has 2 aromatic heterocycles. The fourth-order valence-electron chi connectivity index (χ4n) is 2.06. The quantitative estimate of drug-likeness (QED) is 0.711.